The molecule has 8 nitrogen and oxygen atoms in total. The van der Waals surface area contributed by atoms with Gasteiger partial charge in [-0.25, -0.2) is 19.7 Å². The summed E-state index contributed by atoms with van der Waals surface area (Å²) in [7, 11) is 1.40. The Morgan fingerprint density at radius 2 is 1.92 bits per heavy atom. The Hall–Kier alpha value is -3.16. The summed E-state index contributed by atoms with van der Waals surface area (Å²) in [6, 6.07) is 9.71. The molecule has 3 heterocycles. The zero-order valence-electron chi connectivity index (χ0n) is 13.8. The summed E-state index contributed by atoms with van der Waals surface area (Å²) >= 11 is 0. The molecule has 1 saturated heterocycles. The minimum Gasteiger partial charge on any atom is -0.453 e. The number of hydrogen-bond acceptors (Lipinski definition) is 6. The molecule has 1 amide bonds. The van der Waals surface area contributed by atoms with E-state index in [2.05, 4.69) is 24.8 Å². The van der Waals surface area contributed by atoms with Crippen LogP contribution in [0.1, 0.15) is 0 Å². The highest BCUT2D eigenvalue weighted by molar-refractivity contribution is 5.78. The maximum atomic E-state index is 11.6. The quantitative estimate of drug-likeness (QED) is 0.768. The van der Waals surface area contributed by atoms with Gasteiger partial charge in [0.25, 0.3) is 0 Å². The van der Waals surface area contributed by atoms with E-state index >= 15 is 0 Å². The summed E-state index contributed by atoms with van der Waals surface area (Å²) in [5.74, 6) is 1.36. The second-order valence-electron chi connectivity index (χ2n) is 5.79. The molecule has 1 N–H and O–H groups in total. The highest BCUT2D eigenvalue weighted by Gasteiger charge is 2.23. The number of carbonyl (C=O) groups excluding carboxylic acids is 1. The van der Waals surface area contributed by atoms with Crippen LogP contribution in [0.3, 0.4) is 0 Å². The first-order chi connectivity index (χ1) is 12.2. The van der Waals surface area contributed by atoms with Crippen molar-refractivity contribution in [1.82, 2.24) is 24.8 Å². The number of fused-ring (bicyclic) bond motifs is 1. The summed E-state index contributed by atoms with van der Waals surface area (Å²) < 4.78 is 4.76. The minimum absolute atomic E-state index is 0.295. The summed E-state index contributed by atoms with van der Waals surface area (Å²) in [4.78, 5) is 32.2. The largest absolute Gasteiger partial charge is 0.453 e. The van der Waals surface area contributed by atoms with Gasteiger partial charge in [-0.3, -0.25) is 0 Å². The summed E-state index contributed by atoms with van der Waals surface area (Å²) in [5.41, 5.74) is 2.63. The first-order valence-electron chi connectivity index (χ1n) is 8.10. The van der Waals surface area contributed by atoms with Crippen molar-refractivity contribution in [3.8, 4) is 11.5 Å². The predicted octanol–water partition coefficient (Wildman–Crippen LogP) is 1.91. The lowest BCUT2D eigenvalue weighted by molar-refractivity contribution is 0.121. The van der Waals surface area contributed by atoms with Crippen LogP contribution < -0.4 is 4.90 Å². The second-order valence-corrected chi connectivity index (χ2v) is 5.79. The van der Waals surface area contributed by atoms with Gasteiger partial charge in [-0.1, -0.05) is 12.1 Å². The number of H-pyrrole nitrogens is 1. The fourth-order valence-corrected chi connectivity index (χ4v) is 2.92. The van der Waals surface area contributed by atoms with Crippen molar-refractivity contribution in [1.29, 1.82) is 0 Å². The molecule has 2 aromatic heterocycles. The Morgan fingerprint density at radius 3 is 2.68 bits per heavy atom. The lowest BCUT2D eigenvalue weighted by atomic mass is 10.3. The third kappa shape index (κ3) is 2.98. The van der Waals surface area contributed by atoms with Gasteiger partial charge in [-0.15, -0.1) is 0 Å². The minimum atomic E-state index is -0.295. The number of anilines is 1. The predicted molar refractivity (Wildman–Crippen MR) is 93.3 cm³/mol. The Kier molecular flexibility index (Phi) is 3.93. The van der Waals surface area contributed by atoms with E-state index in [0.717, 1.165) is 22.6 Å². The number of amides is 1. The third-order valence-corrected chi connectivity index (χ3v) is 4.27. The molecule has 0 aliphatic carbocycles. The molecule has 3 aromatic rings. The fraction of sp³-hybridized carbons (Fsp3) is 0.294. The van der Waals surface area contributed by atoms with Gasteiger partial charge in [0, 0.05) is 32.4 Å². The van der Waals surface area contributed by atoms with Gasteiger partial charge < -0.3 is 19.5 Å². The van der Waals surface area contributed by atoms with Crippen molar-refractivity contribution in [2.75, 3.05) is 38.2 Å². The molecule has 0 saturated carbocycles. The van der Waals surface area contributed by atoms with Gasteiger partial charge in [0.15, 0.2) is 5.82 Å². The lowest BCUT2D eigenvalue weighted by Crippen LogP contribution is -2.49. The first-order valence-corrected chi connectivity index (χ1v) is 8.10. The van der Waals surface area contributed by atoms with Crippen LogP contribution in [-0.4, -0.2) is 64.2 Å². The average molecular weight is 338 g/mol. The Labute approximate surface area is 144 Å². The summed E-state index contributed by atoms with van der Waals surface area (Å²) in [6.07, 6.45) is 1.44. The van der Waals surface area contributed by atoms with Crippen LogP contribution in [0.15, 0.2) is 36.5 Å². The zero-order valence-corrected chi connectivity index (χ0v) is 13.8. The van der Waals surface area contributed by atoms with E-state index in [0.29, 0.717) is 32.1 Å². The number of piperazine rings is 1. The molecule has 4 rings (SSSR count). The van der Waals surface area contributed by atoms with Crippen molar-refractivity contribution in [2.24, 2.45) is 0 Å². The zero-order chi connectivity index (χ0) is 17.2. The van der Waals surface area contributed by atoms with Crippen molar-refractivity contribution in [2.45, 2.75) is 0 Å². The molecule has 25 heavy (non-hydrogen) atoms. The first kappa shape index (κ1) is 15.4. The van der Waals surface area contributed by atoms with Gasteiger partial charge in [0.1, 0.15) is 5.69 Å². The number of imidazole rings is 1. The molecule has 128 valence electrons. The van der Waals surface area contributed by atoms with Crippen LogP contribution in [0.4, 0.5) is 10.7 Å². The number of benzene rings is 1. The van der Waals surface area contributed by atoms with Gasteiger partial charge in [-0.2, -0.15) is 0 Å². The van der Waals surface area contributed by atoms with Gasteiger partial charge in [-0.05, 0) is 18.2 Å². The number of ether oxygens (including phenoxy) is 1. The van der Waals surface area contributed by atoms with Crippen molar-refractivity contribution in [3.05, 3.63) is 36.5 Å². The molecule has 0 unspecified atom stereocenters. The van der Waals surface area contributed by atoms with E-state index in [4.69, 9.17) is 4.74 Å². The summed E-state index contributed by atoms with van der Waals surface area (Å²) in [5, 5.41) is 0. The number of methoxy groups -OCH3 is 1. The van der Waals surface area contributed by atoms with Gasteiger partial charge in [0.2, 0.25) is 5.95 Å². The normalized spacial score (nSPS) is 14.8. The monoisotopic (exact) mass is 338 g/mol. The SMILES string of the molecule is COC(=O)N1CCN(c2nccc(-c3nc4ccccc4[nH]3)n2)CC1. The van der Waals surface area contributed by atoms with Crippen molar-refractivity contribution in [3.63, 3.8) is 0 Å². The van der Waals surface area contributed by atoms with Crippen LogP contribution in [0.5, 0.6) is 0 Å². The van der Waals surface area contributed by atoms with E-state index in [1.54, 1.807) is 11.1 Å². The highest BCUT2D eigenvalue weighted by Crippen LogP contribution is 2.20. The molecule has 0 spiro atoms. The third-order valence-electron chi connectivity index (χ3n) is 4.27. The van der Waals surface area contributed by atoms with E-state index in [1.807, 2.05) is 30.3 Å². The molecule has 1 aliphatic heterocycles. The maximum absolute atomic E-state index is 11.6. The molecule has 1 aromatic carbocycles. The smallest absolute Gasteiger partial charge is 0.409 e. The van der Waals surface area contributed by atoms with Crippen molar-refractivity contribution < 1.29 is 9.53 Å². The van der Waals surface area contributed by atoms with Crippen LogP contribution in [-0.2, 0) is 4.74 Å². The van der Waals surface area contributed by atoms with E-state index in [1.165, 1.54) is 7.11 Å². The molecule has 0 bridgehead atoms. The van der Waals surface area contributed by atoms with E-state index < -0.39 is 0 Å². The molecule has 1 aliphatic rings. The Balaban J connectivity index is 1.55. The molecule has 0 atom stereocenters. The highest BCUT2D eigenvalue weighted by atomic mass is 16.5. The number of aromatic amines is 1. The van der Waals surface area contributed by atoms with E-state index in [9.17, 15) is 4.79 Å². The molecule has 8 heteroatoms. The Bertz CT molecular complexity index is 868. The van der Waals surface area contributed by atoms with Crippen LogP contribution >= 0.6 is 0 Å². The maximum Gasteiger partial charge on any atom is 0.409 e. The van der Waals surface area contributed by atoms with Crippen molar-refractivity contribution >= 4 is 23.1 Å². The second kappa shape index (κ2) is 6.39. The molecule has 1 fully saturated rings. The van der Waals surface area contributed by atoms with Crippen LogP contribution in [0.2, 0.25) is 0 Å². The number of aromatic nitrogens is 4. The summed E-state index contributed by atoms with van der Waals surface area (Å²) in [6.45, 7) is 2.51. The number of nitrogens with zero attached hydrogens (tertiary/aromatic N) is 5. The number of carbonyl (C=O) groups is 1. The molecule has 0 radical (unpaired) electrons. The number of para-hydroxylation sites is 2. The van der Waals surface area contributed by atoms with Gasteiger partial charge >= 0.3 is 6.09 Å². The fourth-order valence-electron chi connectivity index (χ4n) is 2.92. The molecular weight excluding hydrogens is 320 g/mol. The van der Waals surface area contributed by atoms with Crippen LogP contribution in [0.25, 0.3) is 22.6 Å². The number of rotatable bonds is 2. The van der Waals surface area contributed by atoms with E-state index in [-0.39, 0.29) is 6.09 Å². The number of hydrogen-bond donors (Lipinski definition) is 1. The topological polar surface area (TPSA) is 87.2 Å². The number of nitrogens with one attached hydrogen (secondary N) is 1. The standard InChI is InChI=1S/C17H18N6O2/c1-25-17(24)23-10-8-22(9-11-23)16-18-7-6-14(21-16)15-19-12-4-2-3-5-13(12)20-15/h2-7H,8-11H2,1H3,(H,19,20). The van der Waals surface area contributed by atoms with Gasteiger partial charge in [0.05, 0.1) is 18.1 Å². The lowest BCUT2D eigenvalue weighted by Gasteiger charge is -2.33. The van der Waals surface area contributed by atoms with Crippen LogP contribution in [0, 0.1) is 0 Å². The Morgan fingerprint density at radius 1 is 1.12 bits per heavy atom. The molecular formula is C17H18N6O2. The average Bonchev–Trinajstić information content (AvgIpc) is 3.12.